The lowest BCUT2D eigenvalue weighted by Gasteiger charge is -2.26. The van der Waals surface area contributed by atoms with Gasteiger partial charge in [-0.25, -0.2) is 0 Å². The Labute approximate surface area is 153 Å². The van der Waals surface area contributed by atoms with Gasteiger partial charge in [0.2, 0.25) is 0 Å². The van der Waals surface area contributed by atoms with Gasteiger partial charge >= 0.3 is 0 Å². The number of rotatable bonds is 7. The Bertz CT molecular complexity index is 732. The van der Waals surface area contributed by atoms with Gasteiger partial charge in [0.1, 0.15) is 11.4 Å². The first-order valence-electron chi connectivity index (χ1n) is 8.70. The third-order valence-corrected chi connectivity index (χ3v) is 4.21. The van der Waals surface area contributed by atoms with E-state index < -0.39 is 0 Å². The molecule has 2 heterocycles. The number of amides is 1. The first-order valence-corrected chi connectivity index (χ1v) is 8.70. The molecule has 1 aromatic heterocycles. The lowest BCUT2D eigenvalue weighted by molar-refractivity contribution is 0.0398. The summed E-state index contributed by atoms with van der Waals surface area (Å²) in [6.07, 6.45) is 1.63. The molecule has 0 saturated carbocycles. The molecule has 1 aliphatic rings. The van der Waals surface area contributed by atoms with Crippen LogP contribution in [0.25, 0.3) is 0 Å². The number of methoxy groups -OCH3 is 1. The van der Waals surface area contributed by atoms with Gasteiger partial charge < -0.3 is 20.1 Å². The zero-order chi connectivity index (χ0) is 18.2. The topological polar surface area (TPSA) is 75.7 Å². The first-order chi connectivity index (χ1) is 12.8. The summed E-state index contributed by atoms with van der Waals surface area (Å²) in [4.78, 5) is 19.0. The first kappa shape index (κ1) is 18.2. The number of carbonyl (C=O) groups excluding carboxylic acids is 1. The van der Waals surface area contributed by atoms with Crippen molar-refractivity contribution in [1.82, 2.24) is 9.88 Å². The van der Waals surface area contributed by atoms with Crippen LogP contribution in [0.4, 0.5) is 11.4 Å². The fourth-order valence-electron chi connectivity index (χ4n) is 2.78. The van der Waals surface area contributed by atoms with Crippen molar-refractivity contribution in [3.05, 3.63) is 48.3 Å². The Morgan fingerprint density at radius 3 is 2.88 bits per heavy atom. The van der Waals surface area contributed by atoms with Crippen molar-refractivity contribution < 1.29 is 14.3 Å². The number of ether oxygens (including phenoxy) is 2. The summed E-state index contributed by atoms with van der Waals surface area (Å²) in [5.74, 6) is 0.340. The molecule has 0 aliphatic carbocycles. The lowest BCUT2D eigenvalue weighted by atomic mass is 10.2. The molecule has 7 heteroatoms. The summed E-state index contributed by atoms with van der Waals surface area (Å²) in [5, 5.41) is 6.18. The van der Waals surface area contributed by atoms with Crippen molar-refractivity contribution in [2.24, 2.45) is 0 Å². The largest absolute Gasteiger partial charge is 0.495 e. The van der Waals surface area contributed by atoms with Crippen LogP contribution >= 0.6 is 0 Å². The summed E-state index contributed by atoms with van der Waals surface area (Å²) in [6, 6.07) is 10.9. The number of nitrogens with zero attached hydrogens (tertiary/aromatic N) is 2. The maximum absolute atomic E-state index is 12.5. The summed E-state index contributed by atoms with van der Waals surface area (Å²) >= 11 is 0. The summed E-state index contributed by atoms with van der Waals surface area (Å²) in [7, 11) is 1.57. The monoisotopic (exact) mass is 356 g/mol. The second-order valence-electron chi connectivity index (χ2n) is 5.96. The van der Waals surface area contributed by atoms with Crippen molar-refractivity contribution in [3.8, 4) is 5.75 Å². The minimum absolute atomic E-state index is 0.272. The quantitative estimate of drug-likeness (QED) is 0.791. The second kappa shape index (κ2) is 9.17. The number of benzene rings is 1. The van der Waals surface area contributed by atoms with Crippen LogP contribution < -0.4 is 15.4 Å². The minimum Gasteiger partial charge on any atom is -0.495 e. The summed E-state index contributed by atoms with van der Waals surface area (Å²) in [6.45, 7) is 5.26. The van der Waals surface area contributed by atoms with Gasteiger partial charge in [-0.3, -0.25) is 14.7 Å². The predicted molar refractivity (Wildman–Crippen MR) is 101 cm³/mol. The normalized spacial score (nSPS) is 14.7. The molecule has 0 unspecified atom stereocenters. The van der Waals surface area contributed by atoms with E-state index in [0.29, 0.717) is 17.1 Å². The average molecular weight is 356 g/mol. The van der Waals surface area contributed by atoms with Crippen molar-refractivity contribution >= 4 is 17.3 Å². The van der Waals surface area contributed by atoms with E-state index in [1.54, 1.807) is 31.5 Å². The van der Waals surface area contributed by atoms with E-state index in [9.17, 15) is 4.79 Å². The van der Waals surface area contributed by atoms with Crippen LogP contribution in [0.1, 0.15) is 10.5 Å². The van der Waals surface area contributed by atoms with E-state index >= 15 is 0 Å². The van der Waals surface area contributed by atoms with Crippen LogP contribution in [0.15, 0.2) is 42.6 Å². The van der Waals surface area contributed by atoms with Crippen LogP contribution in [-0.2, 0) is 4.74 Å². The zero-order valence-electron chi connectivity index (χ0n) is 14.9. The number of carbonyl (C=O) groups is 1. The van der Waals surface area contributed by atoms with E-state index in [1.165, 1.54) is 0 Å². The molecule has 2 N–H and O–H groups in total. The molecule has 0 spiro atoms. The highest BCUT2D eigenvalue weighted by Crippen LogP contribution is 2.23. The van der Waals surface area contributed by atoms with E-state index in [-0.39, 0.29) is 5.91 Å². The molecule has 2 aromatic rings. The summed E-state index contributed by atoms with van der Waals surface area (Å²) < 4.78 is 10.6. The number of hydrogen-bond acceptors (Lipinski definition) is 6. The molecule has 1 amide bonds. The second-order valence-corrected chi connectivity index (χ2v) is 5.96. The van der Waals surface area contributed by atoms with Crippen LogP contribution in [0.3, 0.4) is 0 Å². The maximum Gasteiger partial charge on any atom is 0.274 e. The molecular formula is C19H24N4O3. The van der Waals surface area contributed by atoms with Crippen LogP contribution in [0, 0.1) is 0 Å². The van der Waals surface area contributed by atoms with Gasteiger partial charge in [-0.1, -0.05) is 12.1 Å². The standard InChI is InChI=1S/C19H24N4O3/c1-25-18-5-3-2-4-16(18)22-19(24)17-14-15(6-7-21-17)20-8-9-23-10-12-26-13-11-23/h2-7,14H,8-13H2,1H3,(H,20,21)(H,22,24). The number of nitrogens with one attached hydrogen (secondary N) is 2. The number of anilines is 2. The molecule has 138 valence electrons. The Morgan fingerprint density at radius 2 is 2.08 bits per heavy atom. The molecule has 1 saturated heterocycles. The molecule has 1 fully saturated rings. The average Bonchev–Trinajstić information content (AvgIpc) is 2.69. The van der Waals surface area contributed by atoms with E-state index in [1.807, 2.05) is 18.2 Å². The van der Waals surface area contributed by atoms with E-state index in [2.05, 4.69) is 20.5 Å². The molecule has 26 heavy (non-hydrogen) atoms. The van der Waals surface area contributed by atoms with E-state index in [4.69, 9.17) is 9.47 Å². The molecule has 0 atom stereocenters. The molecule has 3 rings (SSSR count). The predicted octanol–water partition coefficient (Wildman–Crippen LogP) is 2.09. The molecular weight excluding hydrogens is 332 g/mol. The number of pyridine rings is 1. The third-order valence-electron chi connectivity index (χ3n) is 4.21. The fraction of sp³-hybridized carbons (Fsp3) is 0.368. The number of hydrogen-bond donors (Lipinski definition) is 2. The van der Waals surface area contributed by atoms with Crippen molar-refractivity contribution in [2.75, 3.05) is 57.1 Å². The highest BCUT2D eigenvalue weighted by Gasteiger charge is 2.12. The van der Waals surface area contributed by atoms with Gasteiger partial charge in [-0.15, -0.1) is 0 Å². The van der Waals surface area contributed by atoms with Gasteiger partial charge in [0.25, 0.3) is 5.91 Å². The highest BCUT2D eigenvalue weighted by atomic mass is 16.5. The Hall–Kier alpha value is -2.64. The summed E-state index contributed by atoms with van der Waals surface area (Å²) in [5.41, 5.74) is 1.85. The Kier molecular flexibility index (Phi) is 6.40. The molecule has 1 aliphatic heterocycles. The SMILES string of the molecule is COc1ccccc1NC(=O)c1cc(NCCN2CCOCC2)ccn1. The highest BCUT2D eigenvalue weighted by molar-refractivity contribution is 6.04. The maximum atomic E-state index is 12.5. The van der Waals surface area contributed by atoms with Crippen molar-refractivity contribution in [3.63, 3.8) is 0 Å². The van der Waals surface area contributed by atoms with Gasteiger partial charge in [0, 0.05) is 38.1 Å². The number of para-hydroxylation sites is 2. The van der Waals surface area contributed by atoms with Crippen molar-refractivity contribution in [2.45, 2.75) is 0 Å². The molecule has 0 bridgehead atoms. The van der Waals surface area contributed by atoms with Gasteiger partial charge in [-0.05, 0) is 24.3 Å². The van der Waals surface area contributed by atoms with Crippen LogP contribution in [0.5, 0.6) is 5.75 Å². The molecule has 0 radical (unpaired) electrons. The Morgan fingerprint density at radius 1 is 1.27 bits per heavy atom. The van der Waals surface area contributed by atoms with Gasteiger partial charge in [0.15, 0.2) is 0 Å². The lowest BCUT2D eigenvalue weighted by Crippen LogP contribution is -2.39. The van der Waals surface area contributed by atoms with E-state index in [0.717, 1.165) is 45.1 Å². The zero-order valence-corrected chi connectivity index (χ0v) is 14.9. The smallest absolute Gasteiger partial charge is 0.274 e. The minimum atomic E-state index is -0.272. The fourth-order valence-corrected chi connectivity index (χ4v) is 2.78. The third kappa shape index (κ3) is 4.93. The van der Waals surface area contributed by atoms with Crippen molar-refractivity contribution in [1.29, 1.82) is 0 Å². The van der Waals surface area contributed by atoms with Gasteiger partial charge in [0.05, 0.1) is 26.0 Å². The molecule has 1 aromatic carbocycles. The van der Waals surface area contributed by atoms with Gasteiger partial charge in [-0.2, -0.15) is 0 Å². The van der Waals surface area contributed by atoms with Crippen LogP contribution in [-0.4, -0.2) is 62.3 Å². The molecule has 7 nitrogen and oxygen atoms in total. The number of morpholine rings is 1. The Balaban J connectivity index is 1.56. The van der Waals surface area contributed by atoms with Crippen LogP contribution in [0.2, 0.25) is 0 Å². The number of aromatic nitrogens is 1.